The van der Waals surface area contributed by atoms with Gasteiger partial charge in [-0.25, -0.2) is 4.68 Å². The summed E-state index contributed by atoms with van der Waals surface area (Å²) in [4.78, 5) is 18.8. The van der Waals surface area contributed by atoms with Crippen molar-refractivity contribution in [1.82, 2.24) is 19.7 Å². The molecule has 3 heterocycles. The van der Waals surface area contributed by atoms with Gasteiger partial charge in [0.05, 0.1) is 17.9 Å². The van der Waals surface area contributed by atoms with Crippen LogP contribution >= 0.6 is 0 Å². The topological polar surface area (TPSA) is 51.0 Å². The second-order valence-corrected chi connectivity index (χ2v) is 6.36. The summed E-state index contributed by atoms with van der Waals surface area (Å²) in [5.74, 6) is 0.0313. The molecule has 1 aliphatic rings. The first-order valence-corrected chi connectivity index (χ1v) is 8.80. The van der Waals surface area contributed by atoms with Gasteiger partial charge in [-0.05, 0) is 42.7 Å². The molecule has 0 N–H and O–H groups in total. The normalized spacial score (nSPS) is 17.1. The molecule has 26 heavy (non-hydrogen) atoms. The zero-order valence-electron chi connectivity index (χ0n) is 14.4. The van der Waals surface area contributed by atoms with Crippen molar-refractivity contribution in [3.8, 4) is 5.69 Å². The first-order valence-electron chi connectivity index (χ1n) is 8.80. The van der Waals surface area contributed by atoms with Gasteiger partial charge in [0.25, 0.3) is 0 Å². The minimum atomic E-state index is 0.0313. The number of hydrogen-bond acceptors (Lipinski definition) is 3. The number of benzene rings is 1. The van der Waals surface area contributed by atoms with Crippen LogP contribution in [0.5, 0.6) is 0 Å². The molecule has 3 aromatic rings. The molecule has 1 fully saturated rings. The lowest BCUT2D eigenvalue weighted by molar-refractivity contribution is -0.126. The Morgan fingerprint density at radius 3 is 2.81 bits per heavy atom. The molecule has 1 unspecified atom stereocenters. The average Bonchev–Trinajstić information content (AvgIpc) is 3.37. The summed E-state index contributed by atoms with van der Waals surface area (Å²) in [7, 11) is 0. The van der Waals surface area contributed by atoms with Crippen LogP contribution in [0, 0.1) is 0 Å². The van der Waals surface area contributed by atoms with Crippen LogP contribution in [0.1, 0.15) is 30.0 Å². The smallest absolute Gasteiger partial charge is 0.247 e. The maximum atomic E-state index is 12.7. The van der Waals surface area contributed by atoms with Crippen LogP contribution in [0.2, 0.25) is 0 Å². The van der Waals surface area contributed by atoms with E-state index in [4.69, 9.17) is 0 Å². The van der Waals surface area contributed by atoms with Crippen LogP contribution < -0.4 is 0 Å². The number of carbonyl (C=O) groups excluding carboxylic acids is 1. The van der Waals surface area contributed by atoms with Crippen molar-refractivity contribution in [1.29, 1.82) is 0 Å². The lowest BCUT2D eigenvalue weighted by Crippen LogP contribution is -2.28. The van der Waals surface area contributed by atoms with Crippen LogP contribution in [0.4, 0.5) is 0 Å². The van der Waals surface area contributed by atoms with Crippen molar-refractivity contribution >= 4 is 12.0 Å². The number of aromatic nitrogens is 3. The van der Waals surface area contributed by atoms with Crippen molar-refractivity contribution in [2.24, 2.45) is 0 Å². The molecule has 4 rings (SSSR count). The zero-order valence-corrected chi connectivity index (χ0v) is 14.4. The summed E-state index contributed by atoms with van der Waals surface area (Å²) in [6, 6.07) is 14.0. The maximum absolute atomic E-state index is 12.7. The Balaban J connectivity index is 1.47. The van der Waals surface area contributed by atoms with Gasteiger partial charge in [0, 0.05) is 36.8 Å². The van der Waals surface area contributed by atoms with E-state index in [9.17, 15) is 4.79 Å². The van der Waals surface area contributed by atoms with Crippen LogP contribution in [0.3, 0.4) is 0 Å². The quantitative estimate of drug-likeness (QED) is 0.679. The second kappa shape index (κ2) is 7.35. The number of amides is 1. The molecule has 5 heteroatoms. The molecule has 1 aromatic carbocycles. The SMILES string of the molecule is O=C(C=Cc1cnn(-c2ccccc2)c1)N1CCCC1c1cccnc1. The van der Waals surface area contributed by atoms with Crippen LogP contribution in [0.15, 0.2) is 73.3 Å². The Labute approximate surface area is 152 Å². The number of likely N-dealkylation sites (tertiary alicyclic amines) is 1. The number of hydrogen-bond donors (Lipinski definition) is 0. The van der Waals surface area contributed by atoms with Gasteiger partial charge in [-0.2, -0.15) is 5.10 Å². The van der Waals surface area contributed by atoms with Gasteiger partial charge >= 0.3 is 0 Å². The third-order valence-electron chi connectivity index (χ3n) is 4.65. The van der Waals surface area contributed by atoms with Crippen molar-refractivity contribution < 1.29 is 4.79 Å². The number of pyridine rings is 1. The van der Waals surface area contributed by atoms with Gasteiger partial charge in [-0.15, -0.1) is 0 Å². The van der Waals surface area contributed by atoms with Gasteiger partial charge in [0.15, 0.2) is 0 Å². The highest BCUT2D eigenvalue weighted by Crippen LogP contribution is 2.31. The van der Waals surface area contributed by atoms with E-state index < -0.39 is 0 Å². The summed E-state index contributed by atoms with van der Waals surface area (Å²) >= 11 is 0. The predicted molar refractivity (Wildman–Crippen MR) is 101 cm³/mol. The predicted octanol–water partition coefficient (Wildman–Crippen LogP) is 3.64. The van der Waals surface area contributed by atoms with E-state index in [0.29, 0.717) is 0 Å². The molecule has 1 amide bonds. The molecule has 0 spiro atoms. The van der Waals surface area contributed by atoms with E-state index in [1.165, 1.54) is 0 Å². The van der Waals surface area contributed by atoms with E-state index >= 15 is 0 Å². The molecule has 0 saturated carbocycles. The third-order valence-corrected chi connectivity index (χ3v) is 4.65. The average molecular weight is 344 g/mol. The summed E-state index contributed by atoms with van der Waals surface area (Å²) in [6.45, 7) is 0.784. The second-order valence-electron chi connectivity index (χ2n) is 6.36. The minimum Gasteiger partial charge on any atom is -0.332 e. The van der Waals surface area contributed by atoms with Crippen molar-refractivity contribution in [2.75, 3.05) is 6.54 Å². The molecule has 1 aliphatic heterocycles. The first-order chi connectivity index (χ1) is 12.8. The van der Waals surface area contributed by atoms with Crippen LogP contribution in [0.25, 0.3) is 11.8 Å². The molecule has 0 aliphatic carbocycles. The van der Waals surface area contributed by atoms with Crippen LogP contribution in [-0.2, 0) is 4.79 Å². The Morgan fingerprint density at radius 1 is 1.12 bits per heavy atom. The van der Waals surface area contributed by atoms with Gasteiger partial charge in [0.2, 0.25) is 5.91 Å². The molecule has 1 saturated heterocycles. The summed E-state index contributed by atoms with van der Waals surface area (Å²) < 4.78 is 1.80. The summed E-state index contributed by atoms with van der Waals surface area (Å²) in [5, 5.41) is 4.36. The monoisotopic (exact) mass is 344 g/mol. The van der Waals surface area contributed by atoms with Crippen LogP contribution in [-0.4, -0.2) is 32.1 Å². The van der Waals surface area contributed by atoms with E-state index in [2.05, 4.69) is 10.1 Å². The maximum Gasteiger partial charge on any atom is 0.247 e. The van der Waals surface area contributed by atoms with Crippen molar-refractivity contribution in [3.05, 3.63) is 84.5 Å². The Morgan fingerprint density at radius 2 is 2.00 bits per heavy atom. The fourth-order valence-electron chi connectivity index (χ4n) is 3.36. The molecule has 5 nitrogen and oxygen atoms in total. The molecule has 0 bridgehead atoms. The first kappa shape index (κ1) is 16.3. The van der Waals surface area contributed by atoms with E-state index in [-0.39, 0.29) is 11.9 Å². The van der Waals surface area contributed by atoms with E-state index in [0.717, 1.165) is 36.2 Å². The lowest BCUT2D eigenvalue weighted by Gasteiger charge is -2.23. The fraction of sp³-hybridized carbons (Fsp3) is 0.190. The Kier molecular flexibility index (Phi) is 4.60. The Bertz CT molecular complexity index is 902. The molecule has 0 radical (unpaired) electrons. The summed E-state index contributed by atoms with van der Waals surface area (Å²) in [6.07, 6.45) is 12.8. The van der Waals surface area contributed by atoms with Crippen molar-refractivity contribution in [2.45, 2.75) is 18.9 Å². The highest BCUT2D eigenvalue weighted by atomic mass is 16.2. The minimum absolute atomic E-state index is 0.0313. The largest absolute Gasteiger partial charge is 0.332 e. The Hall–Kier alpha value is -3.21. The van der Waals surface area contributed by atoms with Gasteiger partial charge in [-0.3, -0.25) is 9.78 Å². The van der Waals surface area contributed by atoms with Gasteiger partial charge in [-0.1, -0.05) is 24.3 Å². The number of para-hydroxylation sites is 1. The molecule has 1 atom stereocenters. The highest BCUT2D eigenvalue weighted by Gasteiger charge is 2.28. The van der Waals surface area contributed by atoms with E-state index in [1.54, 1.807) is 23.2 Å². The number of rotatable bonds is 4. The zero-order chi connectivity index (χ0) is 17.8. The number of nitrogens with zero attached hydrogens (tertiary/aromatic N) is 4. The standard InChI is InChI=1S/C21H20N4O/c26-21(24-13-5-9-20(24)18-6-4-12-22-15-18)11-10-17-14-23-25(16-17)19-7-2-1-3-8-19/h1-4,6-8,10-12,14-16,20H,5,9,13H2. The molecule has 2 aromatic heterocycles. The van der Waals surface area contributed by atoms with Crippen molar-refractivity contribution in [3.63, 3.8) is 0 Å². The van der Waals surface area contributed by atoms with Gasteiger partial charge < -0.3 is 4.90 Å². The molecule has 130 valence electrons. The summed E-state index contributed by atoms with van der Waals surface area (Å²) in [5.41, 5.74) is 3.00. The van der Waals surface area contributed by atoms with E-state index in [1.807, 2.05) is 65.8 Å². The third kappa shape index (κ3) is 3.42. The number of carbonyl (C=O) groups is 1. The highest BCUT2D eigenvalue weighted by molar-refractivity contribution is 5.92. The molecular formula is C21H20N4O. The lowest BCUT2D eigenvalue weighted by atomic mass is 10.1. The molecular weight excluding hydrogens is 324 g/mol. The fourth-order valence-corrected chi connectivity index (χ4v) is 3.36. The van der Waals surface area contributed by atoms with Gasteiger partial charge in [0.1, 0.15) is 0 Å².